The molecule has 0 aromatic heterocycles. The second kappa shape index (κ2) is 10.4. The summed E-state index contributed by atoms with van der Waals surface area (Å²) in [5.41, 5.74) is -0.689. The van der Waals surface area contributed by atoms with E-state index in [0.29, 0.717) is 54.6 Å². The minimum absolute atomic E-state index is 0.190. The lowest BCUT2D eigenvalue weighted by atomic mass is 9.90. The van der Waals surface area contributed by atoms with Crippen LogP contribution >= 0.6 is 23.2 Å². The van der Waals surface area contributed by atoms with Crippen LogP contribution in [0.5, 0.6) is 5.75 Å². The SMILES string of the molecule is OC1(CN2CCC[C@](O)(COc3ccc(Cl)c(Cl)c3)CC2)CCN(c2ccc(F)cc2)CC1. The van der Waals surface area contributed by atoms with Crippen LogP contribution in [0.25, 0.3) is 0 Å². The number of halogens is 3. The summed E-state index contributed by atoms with van der Waals surface area (Å²) in [4.78, 5) is 4.44. The molecule has 4 rings (SSSR count). The van der Waals surface area contributed by atoms with Gasteiger partial charge in [-0.15, -0.1) is 0 Å². The van der Waals surface area contributed by atoms with E-state index in [-0.39, 0.29) is 12.4 Å². The molecule has 8 heteroatoms. The van der Waals surface area contributed by atoms with Gasteiger partial charge in [0.05, 0.1) is 21.2 Å². The lowest BCUT2D eigenvalue weighted by Crippen LogP contribution is -2.51. The third kappa shape index (κ3) is 6.52. The lowest BCUT2D eigenvalue weighted by molar-refractivity contribution is -0.0283. The van der Waals surface area contributed by atoms with Gasteiger partial charge in [-0.05, 0) is 75.0 Å². The van der Waals surface area contributed by atoms with Crippen molar-refractivity contribution in [2.24, 2.45) is 0 Å². The first-order chi connectivity index (χ1) is 15.7. The van der Waals surface area contributed by atoms with Crippen molar-refractivity contribution in [1.29, 1.82) is 0 Å². The van der Waals surface area contributed by atoms with Gasteiger partial charge in [-0.3, -0.25) is 0 Å². The molecule has 0 unspecified atom stereocenters. The van der Waals surface area contributed by atoms with E-state index in [1.54, 1.807) is 30.3 Å². The zero-order chi connectivity index (χ0) is 23.5. The minimum Gasteiger partial charge on any atom is -0.491 e. The maximum atomic E-state index is 13.2. The van der Waals surface area contributed by atoms with Crippen LogP contribution in [0.1, 0.15) is 32.1 Å². The zero-order valence-electron chi connectivity index (χ0n) is 18.7. The van der Waals surface area contributed by atoms with E-state index in [1.165, 1.54) is 12.1 Å². The highest BCUT2D eigenvalue weighted by molar-refractivity contribution is 6.42. The summed E-state index contributed by atoms with van der Waals surface area (Å²) in [6.07, 6.45) is 3.36. The third-order valence-electron chi connectivity index (χ3n) is 6.81. The predicted molar refractivity (Wildman–Crippen MR) is 130 cm³/mol. The molecule has 2 aromatic rings. The van der Waals surface area contributed by atoms with Crippen LogP contribution in [0, 0.1) is 5.82 Å². The molecule has 5 nitrogen and oxygen atoms in total. The molecule has 0 radical (unpaired) electrons. The van der Waals surface area contributed by atoms with Crippen molar-refractivity contribution in [3.63, 3.8) is 0 Å². The molecule has 2 N–H and O–H groups in total. The van der Waals surface area contributed by atoms with Crippen LogP contribution in [0.4, 0.5) is 10.1 Å². The van der Waals surface area contributed by atoms with Crippen molar-refractivity contribution in [1.82, 2.24) is 4.90 Å². The Bertz CT molecular complexity index is 938. The minimum atomic E-state index is -0.921. The van der Waals surface area contributed by atoms with Gasteiger partial charge in [0.2, 0.25) is 0 Å². The van der Waals surface area contributed by atoms with Gasteiger partial charge in [-0.1, -0.05) is 23.2 Å². The van der Waals surface area contributed by atoms with Gasteiger partial charge < -0.3 is 24.7 Å². The van der Waals surface area contributed by atoms with E-state index in [4.69, 9.17) is 27.9 Å². The number of hydrogen-bond donors (Lipinski definition) is 2. The van der Waals surface area contributed by atoms with Gasteiger partial charge in [0.25, 0.3) is 0 Å². The molecule has 2 heterocycles. The fourth-order valence-electron chi connectivity index (χ4n) is 4.73. The quantitative estimate of drug-likeness (QED) is 0.603. The first-order valence-corrected chi connectivity index (χ1v) is 12.2. The van der Waals surface area contributed by atoms with Gasteiger partial charge in [-0.25, -0.2) is 4.39 Å². The molecule has 2 fully saturated rings. The molecule has 0 saturated carbocycles. The fourth-order valence-corrected chi connectivity index (χ4v) is 5.02. The molecule has 2 aliphatic rings. The van der Waals surface area contributed by atoms with Crippen molar-refractivity contribution in [2.45, 2.75) is 43.3 Å². The normalized spacial score (nSPS) is 23.8. The Balaban J connectivity index is 1.27. The smallest absolute Gasteiger partial charge is 0.123 e. The van der Waals surface area contributed by atoms with Gasteiger partial charge in [0.1, 0.15) is 18.2 Å². The summed E-state index contributed by atoms with van der Waals surface area (Å²) in [5.74, 6) is 0.344. The molecule has 0 spiro atoms. The molecule has 2 aromatic carbocycles. The maximum Gasteiger partial charge on any atom is 0.123 e. The molecule has 180 valence electrons. The summed E-state index contributed by atoms with van der Waals surface area (Å²) < 4.78 is 19.0. The van der Waals surface area contributed by atoms with Gasteiger partial charge >= 0.3 is 0 Å². The van der Waals surface area contributed by atoms with Crippen molar-refractivity contribution in [3.8, 4) is 5.75 Å². The van der Waals surface area contributed by atoms with Gasteiger partial charge in [-0.2, -0.15) is 0 Å². The van der Waals surface area contributed by atoms with Crippen molar-refractivity contribution in [3.05, 3.63) is 58.3 Å². The van der Waals surface area contributed by atoms with E-state index in [9.17, 15) is 14.6 Å². The Morgan fingerprint density at radius 1 is 0.848 bits per heavy atom. The van der Waals surface area contributed by atoms with Crippen molar-refractivity contribution in [2.75, 3.05) is 44.2 Å². The van der Waals surface area contributed by atoms with Crippen LogP contribution in [-0.2, 0) is 0 Å². The highest BCUT2D eigenvalue weighted by Gasteiger charge is 2.37. The number of hydrogen-bond acceptors (Lipinski definition) is 5. The molecule has 33 heavy (non-hydrogen) atoms. The number of anilines is 1. The van der Waals surface area contributed by atoms with Crippen LogP contribution in [-0.4, -0.2) is 65.6 Å². The van der Waals surface area contributed by atoms with E-state index in [2.05, 4.69) is 9.80 Å². The Kier molecular flexibility index (Phi) is 7.71. The Morgan fingerprint density at radius 3 is 2.24 bits per heavy atom. The molecule has 2 aliphatic heterocycles. The van der Waals surface area contributed by atoms with Crippen LogP contribution in [0.3, 0.4) is 0 Å². The predicted octanol–water partition coefficient (Wildman–Crippen LogP) is 4.76. The average Bonchev–Trinajstić information content (AvgIpc) is 2.97. The second-order valence-electron chi connectivity index (χ2n) is 9.41. The van der Waals surface area contributed by atoms with Gasteiger partial charge in [0.15, 0.2) is 0 Å². The molecule has 0 aliphatic carbocycles. The monoisotopic (exact) mass is 496 g/mol. The number of nitrogens with zero attached hydrogens (tertiary/aromatic N) is 2. The largest absolute Gasteiger partial charge is 0.491 e. The number of ether oxygens (including phenoxy) is 1. The van der Waals surface area contributed by atoms with E-state index >= 15 is 0 Å². The molecular weight excluding hydrogens is 466 g/mol. The van der Waals surface area contributed by atoms with Crippen molar-refractivity contribution < 1.29 is 19.3 Å². The first-order valence-electron chi connectivity index (χ1n) is 11.5. The molecule has 2 saturated heterocycles. The topological polar surface area (TPSA) is 56.2 Å². The van der Waals surface area contributed by atoms with Crippen LogP contribution in [0.15, 0.2) is 42.5 Å². The molecular formula is C25H31Cl2FN2O3. The second-order valence-corrected chi connectivity index (χ2v) is 10.2. The molecule has 1 atom stereocenters. The first kappa shape index (κ1) is 24.6. The summed E-state index contributed by atoms with van der Waals surface area (Å²) in [5, 5.41) is 23.2. The van der Waals surface area contributed by atoms with Crippen molar-refractivity contribution >= 4 is 28.9 Å². The third-order valence-corrected chi connectivity index (χ3v) is 7.55. The highest BCUT2D eigenvalue weighted by Crippen LogP contribution is 2.31. The summed E-state index contributed by atoms with van der Waals surface area (Å²) in [6.45, 7) is 3.78. The Labute approximate surface area is 204 Å². The fraction of sp³-hybridized carbons (Fsp3) is 0.520. The Morgan fingerprint density at radius 2 is 1.55 bits per heavy atom. The molecule has 0 amide bonds. The summed E-state index contributed by atoms with van der Waals surface area (Å²) >= 11 is 12.0. The number of piperidine rings is 1. The van der Waals surface area contributed by atoms with E-state index < -0.39 is 11.2 Å². The maximum absolute atomic E-state index is 13.2. The zero-order valence-corrected chi connectivity index (χ0v) is 20.2. The van der Waals surface area contributed by atoms with Crippen LogP contribution in [0.2, 0.25) is 10.0 Å². The number of likely N-dealkylation sites (tertiary alicyclic amines) is 1. The molecule has 0 bridgehead atoms. The highest BCUT2D eigenvalue weighted by atomic mass is 35.5. The number of aliphatic hydroxyl groups is 2. The average molecular weight is 497 g/mol. The number of benzene rings is 2. The standard InChI is InChI=1S/C25H31Cl2FN2O3/c26-22-7-6-21(16-23(22)27)33-18-25(32)8-1-12-29(13-9-25)17-24(31)10-14-30(15-11-24)20-4-2-19(28)3-5-20/h2-7,16,31-32H,1,8-15,17-18H2/t25-/m1/s1. The summed E-state index contributed by atoms with van der Waals surface area (Å²) in [6, 6.07) is 11.6. The van der Waals surface area contributed by atoms with Crippen LogP contribution < -0.4 is 9.64 Å². The van der Waals surface area contributed by atoms with E-state index in [1.807, 2.05) is 0 Å². The number of β-amino-alcohol motifs (C(OH)–C–C–N with tert-alkyl or cyclic N) is 1. The van der Waals surface area contributed by atoms with Gasteiger partial charge in [0, 0.05) is 37.9 Å². The Hall–Kier alpha value is -1.57. The summed E-state index contributed by atoms with van der Waals surface area (Å²) in [7, 11) is 0. The van der Waals surface area contributed by atoms with E-state index in [0.717, 1.165) is 31.7 Å². The lowest BCUT2D eigenvalue weighted by Gasteiger charge is -2.41. The number of rotatable bonds is 6.